The molecule has 0 saturated carbocycles. The molecule has 0 fully saturated rings. The first kappa shape index (κ1) is 46.1. The van der Waals surface area contributed by atoms with Crippen LogP contribution in [0.25, 0.3) is 112 Å². The maximum absolute atomic E-state index is 6.58. The summed E-state index contributed by atoms with van der Waals surface area (Å²) in [5.74, 6) is 0. The number of nitrogens with zero attached hydrogens (tertiary/aromatic N) is 1. The van der Waals surface area contributed by atoms with E-state index >= 15 is 0 Å². The molecule has 3 heterocycles. The van der Waals surface area contributed by atoms with Crippen LogP contribution < -0.4 is 0 Å². The molecule has 0 N–H and O–H groups in total. The molecule has 1 spiro atoms. The van der Waals surface area contributed by atoms with Gasteiger partial charge in [0.2, 0.25) is 0 Å². The molecule has 2 aliphatic rings. The summed E-state index contributed by atoms with van der Waals surface area (Å²) in [6.45, 7) is 8.76. The Kier molecular flexibility index (Phi) is 10.8. The average Bonchev–Trinajstić information content (AvgIpc) is 3.14. The van der Waals surface area contributed by atoms with Crippen LogP contribution >= 0.6 is 22.7 Å². The first-order valence-corrected chi connectivity index (χ1v) is 28.2. The van der Waals surface area contributed by atoms with Gasteiger partial charge in [-0.1, -0.05) is 200 Å². The minimum Gasteiger partial charge on any atom is -0.456 e. The van der Waals surface area contributed by atoms with Crippen molar-refractivity contribution in [2.45, 2.75) is 19.3 Å². The Morgan fingerprint density at radius 3 is 1.63 bits per heavy atom. The monoisotopic (exact) mass is 1030 g/mol. The van der Waals surface area contributed by atoms with Crippen LogP contribution in [0.4, 0.5) is 0 Å². The quantitative estimate of drug-likeness (QED) is 0.152. The van der Waals surface area contributed by atoms with Crippen molar-refractivity contribution in [1.82, 2.24) is 0 Å². The van der Waals surface area contributed by atoms with Crippen molar-refractivity contribution in [2.24, 2.45) is 4.99 Å². The van der Waals surface area contributed by atoms with Gasteiger partial charge in [0.05, 0.1) is 16.8 Å². The van der Waals surface area contributed by atoms with Crippen LogP contribution in [0.5, 0.6) is 0 Å². The molecule has 4 heteroatoms. The van der Waals surface area contributed by atoms with Gasteiger partial charge in [0.15, 0.2) is 0 Å². The number of benzene rings is 11. The average molecular weight is 1030 g/mol. The number of thiophene rings is 2. The molecule has 16 rings (SSSR count). The first-order valence-electron chi connectivity index (χ1n) is 26.6. The van der Waals surface area contributed by atoms with E-state index in [4.69, 9.17) is 9.41 Å². The lowest BCUT2D eigenvalue weighted by molar-refractivity contribution is 0.669. The number of allylic oxidation sites excluding steroid dienone is 2. The number of rotatable bonds is 6. The van der Waals surface area contributed by atoms with Crippen LogP contribution in [0.1, 0.15) is 47.2 Å². The Hall–Kier alpha value is -9.19. The van der Waals surface area contributed by atoms with Crippen molar-refractivity contribution in [3.8, 4) is 44.5 Å². The highest BCUT2D eigenvalue weighted by atomic mass is 32.1. The second-order valence-electron chi connectivity index (χ2n) is 20.8. The Morgan fingerprint density at radius 1 is 0.423 bits per heavy atom. The van der Waals surface area contributed by atoms with Crippen LogP contribution in [0.2, 0.25) is 0 Å². The van der Waals surface area contributed by atoms with Gasteiger partial charge in [0.1, 0.15) is 11.2 Å². The van der Waals surface area contributed by atoms with E-state index in [0.29, 0.717) is 0 Å². The normalized spacial score (nSPS) is 13.0. The summed E-state index contributed by atoms with van der Waals surface area (Å²) in [5, 5.41) is 7.35. The number of furan rings is 1. The fraction of sp³-hybridized carbons (Fsp3) is 0.0405. The highest BCUT2D eigenvalue weighted by Crippen LogP contribution is 2.64. The Bertz CT molecular complexity index is 4760. The summed E-state index contributed by atoms with van der Waals surface area (Å²) in [5.41, 5.74) is 21.4. The zero-order valence-electron chi connectivity index (χ0n) is 43.1. The van der Waals surface area contributed by atoms with Crippen molar-refractivity contribution < 1.29 is 4.42 Å². The molecule has 0 amide bonds. The van der Waals surface area contributed by atoms with Gasteiger partial charge in [-0.15, -0.1) is 22.7 Å². The predicted octanol–water partition coefficient (Wildman–Crippen LogP) is 21.1. The molecule has 14 aromatic rings. The summed E-state index contributed by atoms with van der Waals surface area (Å²) in [6.07, 6.45) is 2.16. The molecule has 2 aliphatic carbocycles. The lowest BCUT2D eigenvalue weighted by Gasteiger charge is -2.30. The van der Waals surface area contributed by atoms with Crippen LogP contribution in [-0.2, 0) is 5.41 Å². The van der Waals surface area contributed by atoms with Crippen LogP contribution in [0.3, 0.4) is 0 Å². The van der Waals surface area contributed by atoms with Crippen molar-refractivity contribution in [2.75, 3.05) is 0 Å². The van der Waals surface area contributed by atoms with Gasteiger partial charge >= 0.3 is 0 Å². The van der Waals surface area contributed by atoms with Gasteiger partial charge in [-0.3, -0.25) is 0 Å². The SMILES string of the molecule is C=C(N=C(C=C(C)C)c1cccc2oc3ccc(-c4cccc(-c5cccc6c5-c5ccccc5C65c6ccccc6-c6ccccc65)c4)cc3c12)c1ccc2sc3ccccc3c2c1.c1ccc2c(c1)sc1ccccc12. The lowest BCUT2D eigenvalue weighted by Crippen LogP contribution is -2.25. The lowest BCUT2D eigenvalue weighted by atomic mass is 9.70. The van der Waals surface area contributed by atoms with E-state index in [1.54, 1.807) is 0 Å². The molecule has 11 aromatic carbocycles. The fourth-order valence-corrected chi connectivity index (χ4v) is 14.9. The minimum atomic E-state index is -0.385. The predicted molar refractivity (Wildman–Crippen MR) is 335 cm³/mol. The zero-order chi connectivity index (χ0) is 52.1. The van der Waals surface area contributed by atoms with Crippen LogP contribution in [-0.4, -0.2) is 5.71 Å². The smallest absolute Gasteiger partial charge is 0.136 e. The number of aliphatic imine (C=N–C) groups is 1. The third-order valence-electron chi connectivity index (χ3n) is 16.0. The molecule has 0 aliphatic heterocycles. The molecule has 78 heavy (non-hydrogen) atoms. The number of hydrogen-bond donors (Lipinski definition) is 0. The van der Waals surface area contributed by atoms with Gasteiger partial charge in [0.25, 0.3) is 0 Å². The van der Waals surface area contributed by atoms with Crippen molar-refractivity contribution >= 4 is 96.4 Å². The highest BCUT2D eigenvalue weighted by Gasteiger charge is 2.52. The molecule has 3 aromatic heterocycles. The Morgan fingerprint density at radius 2 is 0.949 bits per heavy atom. The van der Waals surface area contributed by atoms with E-state index < -0.39 is 0 Å². The molecule has 368 valence electrons. The summed E-state index contributed by atoms with van der Waals surface area (Å²) >= 11 is 3.68. The van der Waals surface area contributed by atoms with Crippen molar-refractivity contribution in [3.05, 3.63) is 294 Å². The summed E-state index contributed by atoms with van der Waals surface area (Å²) in [6, 6.07) is 88.2. The van der Waals surface area contributed by atoms with Gasteiger partial charge < -0.3 is 4.42 Å². The van der Waals surface area contributed by atoms with E-state index in [1.807, 2.05) is 22.7 Å². The molecule has 0 saturated heterocycles. The minimum absolute atomic E-state index is 0.385. The summed E-state index contributed by atoms with van der Waals surface area (Å²) in [4.78, 5) is 5.29. The van der Waals surface area contributed by atoms with E-state index in [1.165, 1.54) is 96.0 Å². The second kappa shape index (κ2) is 18.2. The highest BCUT2D eigenvalue weighted by molar-refractivity contribution is 7.26. The van der Waals surface area contributed by atoms with Gasteiger partial charge in [-0.05, 0) is 141 Å². The van der Waals surface area contributed by atoms with Crippen LogP contribution in [0.15, 0.2) is 270 Å². The second-order valence-corrected chi connectivity index (χ2v) is 22.9. The molecular formula is C74H49NOS2. The third kappa shape index (κ3) is 7.18. The van der Waals surface area contributed by atoms with E-state index in [9.17, 15) is 0 Å². The largest absolute Gasteiger partial charge is 0.456 e. The van der Waals surface area contributed by atoms with E-state index in [0.717, 1.165) is 61.2 Å². The fourth-order valence-electron chi connectivity index (χ4n) is 12.7. The maximum atomic E-state index is 6.58. The van der Waals surface area contributed by atoms with Crippen molar-refractivity contribution in [1.29, 1.82) is 0 Å². The van der Waals surface area contributed by atoms with Gasteiger partial charge in [-0.25, -0.2) is 4.99 Å². The van der Waals surface area contributed by atoms with Gasteiger partial charge in [0, 0.05) is 62.2 Å². The molecule has 2 nitrogen and oxygen atoms in total. The molecule has 0 radical (unpaired) electrons. The molecule has 0 unspecified atom stereocenters. The maximum Gasteiger partial charge on any atom is 0.136 e. The van der Waals surface area contributed by atoms with E-state index in [-0.39, 0.29) is 5.41 Å². The van der Waals surface area contributed by atoms with Gasteiger partial charge in [-0.2, -0.15) is 0 Å². The zero-order valence-corrected chi connectivity index (χ0v) is 44.7. The standard InChI is InChI=1S/C62H41NOS.C12H8S/c1-37(2)33-55(63-38(3)39-30-32-59-49(35-39)46-19-7-11-28-58(46)65-59)48-22-14-27-57-61(48)50-36-41(29-31-56(50)64-57)40-15-12-16-42(34-40)43-21-13-26-54-60(43)47-20-6-10-25-53(47)62(54)51-23-8-4-17-44(51)45-18-5-9-24-52(45)62;1-3-7-11-9(5-1)10-6-2-4-8-12(10)13-11/h4-36H,3H2,1-2H3;1-8H. The summed E-state index contributed by atoms with van der Waals surface area (Å²) < 4.78 is 11.9. The summed E-state index contributed by atoms with van der Waals surface area (Å²) in [7, 11) is 0. The molecular weight excluding hydrogens is 983 g/mol. The molecule has 0 bridgehead atoms. The van der Waals surface area contributed by atoms with Crippen LogP contribution in [0, 0.1) is 0 Å². The topological polar surface area (TPSA) is 25.5 Å². The number of fused-ring (bicyclic) bond motifs is 19. The number of hydrogen-bond acceptors (Lipinski definition) is 4. The third-order valence-corrected chi connectivity index (χ3v) is 18.3. The molecule has 0 atom stereocenters. The first-order chi connectivity index (χ1) is 38.4. The van der Waals surface area contributed by atoms with Crippen molar-refractivity contribution in [3.63, 3.8) is 0 Å². The Labute approximate surface area is 460 Å². The Balaban J connectivity index is 0.000000354. The van der Waals surface area contributed by atoms with E-state index in [2.05, 4.69) is 269 Å².